The summed E-state index contributed by atoms with van der Waals surface area (Å²) < 4.78 is 6.40. The van der Waals surface area contributed by atoms with E-state index in [1.807, 2.05) is 6.92 Å². The molecule has 11 heteroatoms. The lowest BCUT2D eigenvalue weighted by molar-refractivity contribution is -0.123. The van der Waals surface area contributed by atoms with Gasteiger partial charge in [0.25, 0.3) is 11.5 Å². The molecule has 1 unspecified atom stereocenters. The zero-order chi connectivity index (χ0) is 24.8. The second-order valence-electron chi connectivity index (χ2n) is 8.22. The highest BCUT2D eigenvalue weighted by Gasteiger charge is 2.34. The van der Waals surface area contributed by atoms with Crippen LogP contribution in [0, 0.1) is 5.92 Å². The van der Waals surface area contributed by atoms with E-state index in [0.717, 1.165) is 0 Å². The first-order chi connectivity index (χ1) is 16.3. The van der Waals surface area contributed by atoms with Crippen LogP contribution in [0.4, 0.5) is 11.5 Å². The molecule has 2 heterocycles. The van der Waals surface area contributed by atoms with Gasteiger partial charge in [0.15, 0.2) is 5.69 Å². The normalized spacial score (nSPS) is 15.9. The molecule has 1 saturated heterocycles. The van der Waals surface area contributed by atoms with Crippen LogP contribution in [-0.4, -0.2) is 59.6 Å². The largest absolute Gasteiger partial charge is 0.383 e. The van der Waals surface area contributed by atoms with Gasteiger partial charge in [-0.05, 0) is 43.5 Å². The van der Waals surface area contributed by atoms with Crippen molar-refractivity contribution in [1.29, 1.82) is 0 Å². The second kappa shape index (κ2) is 11.3. The van der Waals surface area contributed by atoms with Gasteiger partial charge in [-0.1, -0.05) is 18.5 Å². The SMILES string of the molecule is CCCn1c(N)c(N(CCOC)C(=O)C2CCCN(C(=O)c3ccc(Cl)cc3)C2)c(=O)[nH]c1=O. The van der Waals surface area contributed by atoms with Gasteiger partial charge in [-0.3, -0.25) is 23.9 Å². The Morgan fingerprint density at radius 3 is 2.62 bits per heavy atom. The molecule has 3 rings (SSSR count). The van der Waals surface area contributed by atoms with Crippen LogP contribution in [0.15, 0.2) is 33.9 Å². The Morgan fingerprint density at radius 2 is 1.97 bits per heavy atom. The van der Waals surface area contributed by atoms with Crippen LogP contribution in [-0.2, 0) is 16.1 Å². The number of H-pyrrole nitrogens is 1. The number of aromatic amines is 1. The molecule has 0 spiro atoms. The van der Waals surface area contributed by atoms with Crippen molar-refractivity contribution in [3.8, 4) is 0 Å². The number of nitrogen functional groups attached to an aromatic ring is 1. The van der Waals surface area contributed by atoms with E-state index in [1.54, 1.807) is 29.2 Å². The number of likely N-dealkylation sites (tertiary alicyclic amines) is 1. The van der Waals surface area contributed by atoms with E-state index < -0.39 is 17.2 Å². The predicted molar refractivity (Wildman–Crippen MR) is 130 cm³/mol. The lowest BCUT2D eigenvalue weighted by Crippen LogP contribution is -2.49. The van der Waals surface area contributed by atoms with E-state index in [4.69, 9.17) is 22.1 Å². The van der Waals surface area contributed by atoms with E-state index >= 15 is 0 Å². The summed E-state index contributed by atoms with van der Waals surface area (Å²) in [4.78, 5) is 56.8. The fourth-order valence-electron chi connectivity index (χ4n) is 4.16. The number of carbonyl (C=O) groups excluding carboxylic acids is 2. The minimum absolute atomic E-state index is 0.0649. The molecule has 0 radical (unpaired) electrons. The number of methoxy groups -OCH3 is 1. The number of piperidine rings is 1. The van der Waals surface area contributed by atoms with Crippen LogP contribution in [0.2, 0.25) is 5.02 Å². The number of aromatic nitrogens is 2. The Hall–Kier alpha value is -3.11. The molecule has 3 N–H and O–H groups in total. The number of hydrogen-bond donors (Lipinski definition) is 2. The molecular formula is C23H30ClN5O5. The average Bonchev–Trinajstić information content (AvgIpc) is 2.83. The van der Waals surface area contributed by atoms with Crippen molar-refractivity contribution in [1.82, 2.24) is 14.5 Å². The van der Waals surface area contributed by atoms with Crippen LogP contribution in [0.1, 0.15) is 36.5 Å². The third-order valence-corrected chi connectivity index (χ3v) is 6.12. The summed E-state index contributed by atoms with van der Waals surface area (Å²) in [5.74, 6) is -1.13. The molecule has 1 aromatic heterocycles. The van der Waals surface area contributed by atoms with Gasteiger partial charge in [-0.2, -0.15) is 0 Å². The highest BCUT2D eigenvalue weighted by molar-refractivity contribution is 6.30. The lowest BCUT2D eigenvalue weighted by Gasteiger charge is -2.35. The third-order valence-electron chi connectivity index (χ3n) is 5.87. The van der Waals surface area contributed by atoms with Gasteiger partial charge in [0.2, 0.25) is 5.91 Å². The Morgan fingerprint density at radius 1 is 1.26 bits per heavy atom. The Kier molecular flexibility index (Phi) is 8.51. The van der Waals surface area contributed by atoms with Gasteiger partial charge in [-0.25, -0.2) is 4.79 Å². The molecule has 0 bridgehead atoms. The number of anilines is 2. The zero-order valence-electron chi connectivity index (χ0n) is 19.4. The Balaban J connectivity index is 1.90. The lowest BCUT2D eigenvalue weighted by atomic mass is 9.95. The van der Waals surface area contributed by atoms with Gasteiger partial charge >= 0.3 is 5.69 Å². The minimum Gasteiger partial charge on any atom is -0.383 e. The first-order valence-electron chi connectivity index (χ1n) is 11.3. The number of nitrogens with two attached hydrogens (primary N) is 1. The molecule has 184 valence electrons. The summed E-state index contributed by atoms with van der Waals surface area (Å²) in [6, 6.07) is 6.60. The molecule has 1 aliphatic rings. The van der Waals surface area contributed by atoms with Crippen LogP contribution in [0.3, 0.4) is 0 Å². The summed E-state index contributed by atoms with van der Waals surface area (Å²) in [5.41, 5.74) is 5.27. The minimum atomic E-state index is -0.732. The van der Waals surface area contributed by atoms with E-state index in [2.05, 4.69) is 4.98 Å². The van der Waals surface area contributed by atoms with Crippen molar-refractivity contribution in [2.24, 2.45) is 5.92 Å². The van der Waals surface area contributed by atoms with Crippen molar-refractivity contribution < 1.29 is 14.3 Å². The maximum atomic E-state index is 13.6. The fourth-order valence-corrected chi connectivity index (χ4v) is 4.28. The molecule has 1 atom stereocenters. The smallest absolute Gasteiger partial charge is 0.330 e. The standard InChI is InChI=1S/C23H30ClN5O5/c1-3-10-29-19(25)18(20(30)26-23(29)33)28(12-13-34-2)22(32)16-5-4-11-27(14-16)21(31)15-6-8-17(24)9-7-15/h6-9,16H,3-5,10-14,25H2,1-2H3,(H,26,30,33). The molecular weight excluding hydrogens is 462 g/mol. The number of halogens is 1. The third kappa shape index (κ3) is 5.51. The molecule has 1 fully saturated rings. The zero-order valence-corrected chi connectivity index (χ0v) is 20.1. The fraction of sp³-hybridized carbons (Fsp3) is 0.478. The number of nitrogens with one attached hydrogen (secondary N) is 1. The number of hydrogen-bond acceptors (Lipinski definition) is 6. The molecule has 1 aliphatic heterocycles. The number of rotatable bonds is 8. The van der Waals surface area contributed by atoms with Gasteiger partial charge in [-0.15, -0.1) is 0 Å². The Labute approximate surface area is 202 Å². The van der Waals surface area contributed by atoms with Crippen molar-refractivity contribution >= 4 is 34.9 Å². The molecule has 0 aliphatic carbocycles. The summed E-state index contributed by atoms with van der Waals surface area (Å²) in [6.07, 6.45) is 1.81. The van der Waals surface area contributed by atoms with Crippen LogP contribution in [0.25, 0.3) is 0 Å². The molecule has 0 saturated carbocycles. The second-order valence-corrected chi connectivity index (χ2v) is 8.66. The molecule has 1 aromatic carbocycles. The summed E-state index contributed by atoms with van der Waals surface area (Å²) in [5, 5.41) is 0.532. The quantitative estimate of drug-likeness (QED) is 0.578. The van der Waals surface area contributed by atoms with E-state index in [0.29, 0.717) is 42.9 Å². The highest BCUT2D eigenvalue weighted by Crippen LogP contribution is 2.25. The van der Waals surface area contributed by atoms with Gasteiger partial charge in [0.05, 0.1) is 12.5 Å². The summed E-state index contributed by atoms with van der Waals surface area (Å²) >= 11 is 5.92. The summed E-state index contributed by atoms with van der Waals surface area (Å²) in [6.45, 7) is 3.14. The highest BCUT2D eigenvalue weighted by atomic mass is 35.5. The van der Waals surface area contributed by atoms with Crippen molar-refractivity contribution in [2.75, 3.05) is 44.0 Å². The molecule has 10 nitrogen and oxygen atoms in total. The maximum absolute atomic E-state index is 13.6. The monoisotopic (exact) mass is 491 g/mol. The van der Waals surface area contributed by atoms with Crippen LogP contribution >= 0.6 is 11.6 Å². The number of carbonyl (C=O) groups is 2. The molecule has 2 aromatic rings. The predicted octanol–water partition coefficient (Wildman–Crippen LogP) is 1.71. The van der Waals surface area contributed by atoms with Crippen molar-refractivity contribution in [3.63, 3.8) is 0 Å². The molecule has 34 heavy (non-hydrogen) atoms. The Bertz CT molecular complexity index is 1140. The number of benzene rings is 1. The maximum Gasteiger partial charge on any atom is 0.330 e. The summed E-state index contributed by atoms with van der Waals surface area (Å²) in [7, 11) is 1.49. The average molecular weight is 492 g/mol. The first kappa shape index (κ1) is 25.5. The van der Waals surface area contributed by atoms with E-state index in [1.165, 1.54) is 16.6 Å². The first-order valence-corrected chi connectivity index (χ1v) is 11.6. The number of nitrogens with zero attached hydrogens (tertiary/aromatic N) is 3. The van der Waals surface area contributed by atoms with Crippen LogP contribution in [0.5, 0.6) is 0 Å². The van der Waals surface area contributed by atoms with Crippen molar-refractivity contribution in [2.45, 2.75) is 32.7 Å². The molecule has 2 amide bonds. The van der Waals surface area contributed by atoms with Crippen molar-refractivity contribution in [3.05, 3.63) is 55.7 Å². The topological polar surface area (TPSA) is 131 Å². The van der Waals surface area contributed by atoms with E-state index in [-0.39, 0.29) is 43.0 Å². The van der Waals surface area contributed by atoms with Gasteiger partial charge in [0.1, 0.15) is 5.82 Å². The number of amides is 2. The number of ether oxygens (including phenoxy) is 1. The van der Waals surface area contributed by atoms with Gasteiger partial charge < -0.3 is 20.3 Å². The van der Waals surface area contributed by atoms with Crippen LogP contribution < -0.4 is 21.9 Å². The van der Waals surface area contributed by atoms with Gasteiger partial charge in [0, 0.05) is 43.9 Å². The van der Waals surface area contributed by atoms with E-state index in [9.17, 15) is 19.2 Å².